The van der Waals surface area contributed by atoms with Crippen LogP contribution in [0.1, 0.15) is 5.56 Å². The molecule has 2 aromatic carbocycles. The van der Waals surface area contributed by atoms with Gasteiger partial charge in [-0.2, -0.15) is 17.5 Å². The SMILES string of the molecule is COc1ccc(N2CCN(S(=O)(=O)c3ccc(C(F)(F)F)cc3)CC2)c(OC)c1. The summed E-state index contributed by atoms with van der Waals surface area (Å²) in [5.74, 6) is 1.26. The lowest BCUT2D eigenvalue weighted by Crippen LogP contribution is -2.48. The van der Waals surface area contributed by atoms with Gasteiger partial charge in [0.2, 0.25) is 10.0 Å². The summed E-state index contributed by atoms with van der Waals surface area (Å²) in [6.07, 6.45) is -4.51. The first-order valence-corrected chi connectivity index (χ1v) is 10.2. The van der Waals surface area contributed by atoms with Crippen molar-refractivity contribution in [1.82, 2.24) is 4.31 Å². The van der Waals surface area contributed by atoms with Crippen LogP contribution in [-0.4, -0.2) is 53.1 Å². The minimum absolute atomic E-state index is 0.152. The van der Waals surface area contributed by atoms with Gasteiger partial charge in [0.25, 0.3) is 0 Å². The minimum Gasteiger partial charge on any atom is -0.497 e. The maximum absolute atomic E-state index is 12.8. The Kier molecular flexibility index (Phi) is 5.95. The predicted molar refractivity (Wildman–Crippen MR) is 102 cm³/mol. The van der Waals surface area contributed by atoms with Crippen molar-refractivity contribution < 1.29 is 31.1 Å². The quantitative estimate of drug-likeness (QED) is 0.729. The van der Waals surface area contributed by atoms with E-state index >= 15 is 0 Å². The third-order valence-corrected chi connectivity index (χ3v) is 6.70. The molecule has 0 atom stereocenters. The van der Waals surface area contributed by atoms with E-state index in [1.807, 2.05) is 11.0 Å². The Labute approximate surface area is 167 Å². The number of sulfonamides is 1. The Morgan fingerprint density at radius 1 is 0.897 bits per heavy atom. The van der Waals surface area contributed by atoms with Crippen LogP contribution in [0, 0.1) is 0 Å². The molecular formula is C19H21F3N2O4S. The highest BCUT2D eigenvalue weighted by Crippen LogP contribution is 2.34. The molecule has 1 aliphatic rings. The van der Waals surface area contributed by atoms with Crippen LogP contribution in [0.5, 0.6) is 11.5 Å². The Morgan fingerprint density at radius 2 is 1.52 bits per heavy atom. The summed E-state index contributed by atoms with van der Waals surface area (Å²) in [5, 5.41) is 0. The molecule has 1 fully saturated rings. The maximum Gasteiger partial charge on any atom is 0.416 e. The monoisotopic (exact) mass is 430 g/mol. The third kappa shape index (κ3) is 4.43. The van der Waals surface area contributed by atoms with Crippen LogP contribution in [0.3, 0.4) is 0 Å². The van der Waals surface area contributed by atoms with Gasteiger partial charge in [-0.15, -0.1) is 0 Å². The van der Waals surface area contributed by atoms with Crippen molar-refractivity contribution in [3.63, 3.8) is 0 Å². The van der Waals surface area contributed by atoms with E-state index in [2.05, 4.69) is 0 Å². The number of rotatable bonds is 5. The van der Waals surface area contributed by atoms with E-state index in [0.29, 0.717) is 24.6 Å². The lowest BCUT2D eigenvalue weighted by Gasteiger charge is -2.36. The number of anilines is 1. The van der Waals surface area contributed by atoms with Crippen molar-refractivity contribution in [2.75, 3.05) is 45.3 Å². The lowest BCUT2D eigenvalue weighted by molar-refractivity contribution is -0.137. The summed E-state index contributed by atoms with van der Waals surface area (Å²) in [4.78, 5) is 1.85. The second-order valence-corrected chi connectivity index (χ2v) is 8.39. The van der Waals surface area contributed by atoms with Crippen LogP contribution in [0.15, 0.2) is 47.4 Å². The van der Waals surface area contributed by atoms with Gasteiger partial charge in [0, 0.05) is 32.2 Å². The smallest absolute Gasteiger partial charge is 0.416 e. The van der Waals surface area contributed by atoms with Gasteiger partial charge >= 0.3 is 6.18 Å². The van der Waals surface area contributed by atoms with Crippen molar-refractivity contribution in [3.05, 3.63) is 48.0 Å². The number of piperazine rings is 1. The van der Waals surface area contributed by atoms with E-state index in [1.54, 1.807) is 26.4 Å². The standard InChI is InChI=1S/C19H21F3N2O4S/c1-27-15-5-8-17(18(13-15)28-2)23-9-11-24(12-10-23)29(25,26)16-6-3-14(4-7-16)19(20,21)22/h3-8,13H,9-12H2,1-2H3. The molecular weight excluding hydrogens is 409 g/mol. The molecule has 0 bridgehead atoms. The van der Waals surface area contributed by atoms with Gasteiger partial charge in [0.1, 0.15) is 11.5 Å². The van der Waals surface area contributed by atoms with Crippen LogP contribution in [0.4, 0.5) is 18.9 Å². The van der Waals surface area contributed by atoms with Gasteiger partial charge in [-0.05, 0) is 36.4 Å². The zero-order valence-corrected chi connectivity index (χ0v) is 16.8. The Balaban J connectivity index is 1.73. The van der Waals surface area contributed by atoms with Gasteiger partial charge in [-0.1, -0.05) is 0 Å². The molecule has 1 aliphatic heterocycles. The fourth-order valence-corrected chi connectivity index (χ4v) is 4.60. The highest BCUT2D eigenvalue weighted by molar-refractivity contribution is 7.89. The van der Waals surface area contributed by atoms with E-state index < -0.39 is 21.8 Å². The van der Waals surface area contributed by atoms with E-state index in [4.69, 9.17) is 9.47 Å². The lowest BCUT2D eigenvalue weighted by atomic mass is 10.2. The average Bonchev–Trinajstić information content (AvgIpc) is 2.72. The normalized spacial score (nSPS) is 16.0. The van der Waals surface area contributed by atoms with Gasteiger partial charge in [0.05, 0.1) is 30.4 Å². The number of hydrogen-bond acceptors (Lipinski definition) is 5. The fourth-order valence-electron chi connectivity index (χ4n) is 3.18. The summed E-state index contributed by atoms with van der Waals surface area (Å²) >= 11 is 0. The van der Waals surface area contributed by atoms with Crippen molar-refractivity contribution in [1.29, 1.82) is 0 Å². The van der Waals surface area contributed by atoms with Crippen molar-refractivity contribution in [2.45, 2.75) is 11.1 Å². The maximum atomic E-state index is 12.8. The summed E-state index contributed by atoms with van der Waals surface area (Å²) < 4.78 is 75.5. The molecule has 0 radical (unpaired) electrons. The first kappa shape index (κ1) is 21.3. The van der Waals surface area contributed by atoms with Crippen molar-refractivity contribution in [2.24, 2.45) is 0 Å². The molecule has 0 saturated carbocycles. The molecule has 158 valence electrons. The van der Waals surface area contributed by atoms with E-state index in [9.17, 15) is 21.6 Å². The zero-order chi connectivity index (χ0) is 21.2. The van der Waals surface area contributed by atoms with E-state index in [0.717, 1.165) is 30.0 Å². The molecule has 1 heterocycles. The first-order valence-electron chi connectivity index (χ1n) is 8.81. The molecule has 0 N–H and O–H groups in total. The highest BCUT2D eigenvalue weighted by atomic mass is 32.2. The molecule has 0 spiro atoms. The number of nitrogens with zero attached hydrogens (tertiary/aromatic N) is 2. The zero-order valence-electron chi connectivity index (χ0n) is 15.9. The second-order valence-electron chi connectivity index (χ2n) is 6.45. The Morgan fingerprint density at radius 3 is 2.03 bits per heavy atom. The van der Waals surface area contributed by atoms with Gasteiger partial charge in [-0.25, -0.2) is 8.42 Å². The third-order valence-electron chi connectivity index (χ3n) is 4.79. The van der Waals surface area contributed by atoms with Crippen molar-refractivity contribution >= 4 is 15.7 Å². The number of ether oxygens (including phenoxy) is 2. The molecule has 0 aliphatic carbocycles. The molecule has 29 heavy (non-hydrogen) atoms. The van der Waals surface area contributed by atoms with Crippen LogP contribution in [0.2, 0.25) is 0 Å². The molecule has 10 heteroatoms. The Hall–Kier alpha value is -2.46. The van der Waals surface area contributed by atoms with Gasteiger partial charge < -0.3 is 14.4 Å². The number of halogens is 3. The predicted octanol–water partition coefficient (Wildman–Crippen LogP) is 3.23. The number of methoxy groups -OCH3 is 2. The largest absolute Gasteiger partial charge is 0.497 e. The highest BCUT2D eigenvalue weighted by Gasteiger charge is 2.33. The molecule has 0 unspecified atom stereocenters. The topological polar surface area (TPSA) is 59.1 Å². The van der Waals surface area contributed by atoms with Crippen molar-refractivity contribution in [3.8, 4) is 11.5 Å². The minimum atomic E-state index is -4.51. The van der Waals surface area contributed by atoms with Gasteiger partial charge in [0.15, 0.2) is 0 Å². The van der Waals surface area contributed by atoms with E-state index in [1.165, 1.54) is 4.31 Å². The summed E-state index contributed by atoms with van der Waals surface area (Å²) in [6.45, 7) is 1.25. The average molecular weight is 430 g/mol. The molecule has 2 aromatic rings. The number of hydrogen-bond donors (Lipinski definition) is 0. The molecule has 3 rings (SSSR count). The van der Waals surface area contributed by atoms with E-state index in [-0.39, 0.29) is 18.0 Å². The molecule has 0 aromatic heterocycles. The molecule has 0 amide bonds. The summed E-state index contributed by atoms with van der Waals surface area (Å²) in [6, 6.07) is 8.95. The second kappa shape index (κ2) is 8.11. The van der Waals surface area contributed by atoms with Gasteiger partial charge in [-0.3, -0.25) is 0 Å². The number of alkyl halides is 3. The van der Waals surface area contributed by atoms with Crippen LogP contribution < -0.4 is 14.4 Å². The fraction of sp³-hybridized carbons (Fsp3) is 0.368. The first-order chi connectivity index (χ1) is 13.7. The van der Waals surface area contributed by atoms with Crippen LogP contribution in [-0.2, 0) is 16.2 Å². The summed E-state index contributed by atoms with van der Waals surface area (Å²) in [5.41, 5.74) is -0.0623. The molecule has 6 nitrogen and oxygen atoms in total. The Bertz CT molecular complexity index is 954. The number of benzene rings is 2. The van der Waals surface area contributed by atoms with Crippen LogP contribution >= 0.6 is 0 Å². The summed E-state index contributed by atoms with van der Waals surface area (Å²) in [7, 11) is -0.768. The molecule has 1 saturated heterocycles. The van der Waals surface area contributed by atoms with Crippen LogP contribution in [0.25, 0.3) is 0 Å².